The Hall–Kier alpha value is -0.410. The van der Waals surface area contributed by atoms with Gasteiger partial charge in [-0.05, 0) is 26.4 Å². The summed E-state index contributed by atoms with van der Waals surface area (Å²) in [5.74, 6) is 0. The molecule has 0 aliphatic carbocycles. The quantitative estimate of drug-likeness (QED) is 0.404. The monoisotopic (exact) mass is 144 g/mol. The first kappa shape index (κ1) is 9.59. The van der Waals surface area contributed by atoms with Gasteiger partial charge in [-0.25, -0.2) is 0 Å². The van der Waals surface area contributed by atoms with Crippen molar-refractivity contribution in [3.8, 4) is 0 Å². The zero-order valence-corrected chi connectivity index (χ0v) is 6.47. The van der Waals surface area contributed by atoms with Crippen LogP contribution in [0.25, 0.3) is 0 Å². The Balaban J connectivity index is 2.95. The number of hydrogen-bond acceptors (Lipinski definition) is 3. The lowest BCUT2D eigenvalue weighted by Crippen LogP contribution is -2.21. The van der Waals surface area contributed by atoms with Crippen molar-refractivity contribution >= 4 is 6.29 Å². The Bertz CT molecular complexity index is 85.7. The van der Waals surface area contributed by atoms with Crippen LogP contribution in [-0.4, -0.2) is 25.9 Å². The minimum atomic E-state index is -0.253. The Labute approximate surface area is 62.0 Å². The van der Waals surface area contributed by atoms with Crippen molar-refractivity contribution in [1.82, 2.24) is 5.32 Å². The summed E-state index contributed by atoms with van der Waals surface area (Å²) in [6, 6.07) is -0.253. The van der Waals surface area contributed by atoms with Gasteiger partial charge in [0, 0.05) is 0 Å². The summed E-state index contributed by atoms with van der Waals surface area (Å²) in [5.41, 5.74) is 5.37. The number of unbranched alkanes of at least 4 members (excludes halogenated alkanes) is 1. The molecule has 1 atom stereocenters. The number of carbonyl (C=O) groups is 1. The lowest BCUT2D eigenvalue weighted by Gasteiger charge is -2.01. The van der Waals surface area contributed by atoms with E-state index in [9.17, 15) is 4.79 Å². The molecule has 0 saturated heterocycles. The highest BCUT2D eigenvalue weighted by Crippen LogP contribution is 1.95. The van der Waals surface area contributed by atoms with Gasteiger partial charge in [0.2, 0.25) is 0 Å². The van der Waals surface area contributed by atoms with Crippen LogP contribution in [0.2, 0.25) is 0 Å². The number of nitrogens with one attached hydrogen (secondary N) is 1. The number of nitrogens with two attached hydrogens (primary N) is 1. The van der Waals surface area contributed by atoms with Gasteiger partial charge in [0.15, 0.2) is 0 Å². The van der Waals surface area contributed by atoms with E-state index < -0.39 is 0 Å². The smallest absolute Gasteiger partial charge is 0.136 e. The summed E-state index contributed by atoms with van der Waals surface area (Å²) in [6.45, 7) is 1.01. The first-order chi connectivity index (χ1) is 4.81. The van der Waals surface area contributed by atoms with Crippen molar-refractivity contribution in [1.29, 1.82) is 0 Å². The van der Waals surface area contributed by atoms with Crippen molar-refractivity contribution in [2.75, 3.05) is 13.6 Å². The van der Waals surface area contributed by atoms with Gasteiger partial charge in [-0.3, -0.25) is 0 Å². The predicted molar refractivity (Wildman–Crippen MR) is 41.8 cm³/mol. The molecule has 0 rings (SSSR count). The fourth-order valence-electron chi connectivity index (χ4n) is 0.750. The molecule has 10 heavy (non-hydrogen) atoms. The molecule has 0 aliphatic rings. The van der Waals surface area contributed by atoms with E-state index in [4.69, 9.17) is 5.73 Å². The van der Waals surface area contributed by atoms with Crippen LogP contribution in [0.1, 0.15) is 19.3 Å². The molecule has 0 heterocycles. The standard InChI is InChI=1S/C7H16N2O/c1-9-5-3-2-4-7(8)6-10/h6-7,9H,2-5,8H2,1H3. The average molecular weight is 144 g/mol. The Morgan fingerprint density at radius 1 is 1.60 bits per heavy atom. The van der Waals surface area contributed by atoms with E-state index in [1.807, 2.05) is 7.05 Å². The normalized spacial score (nSPS) is 13.0. The topological polar surface area (TPSA) is 55.1 Å². The molecule has 0 fully saturated rings. The molecule has 0 amide bonds. The Morgan fingerprint density at radius 2 is 2.30 bits per heavy atom. The summed E-state index contributed by atoms with van der Waals surface area (Å²) < 4.78 is 0. The maximum absolute atomic E-state index is 10.0. The van der Waals surface area contributed by atoms with Gasteiger partial charge in [0.1, 0.15) is 6.29 Å². The van der Waals surface area contributed by atoms with Gasteiger partial charge in [0.05, 0.1) is 6.04 Å². The van der Waals surface area contributed by atoms with Crippen LogP contribution < -0.4 is 11.1 Å². The molecule has 0 aromatic rings. The molecular weight excluding hydrogens is 128 g/mol. The van der Waals surface area contributed by atoms with Crippen LogP contribution in [-0.2, 0) is 4.79 Å². The maximum atomic E-state index is 10.0. The Kier molecular flexibility index (Phi) is 6.43. The van der Waals surface area contributed by atoms with E-state index in [-0.39, 0.29) is 6.04 Å². The van der Waals surface area contributed by atoms with Crippen molar-refractivity contribution in [3.05, 3.63) is 0 Å². The lowest BCUT2D eigenvalue weighted by molar-refractivity contribution is -0.109. The lowest BCUT2D eigenvalue weighted by atomic mass is 10.1. The maximum Gasteiger partial charge on any atom is 0.136 e. The number of carbonyl (C=O) groups excluding carboxylic acids is 1. The van der Waals surface area contributed by atoms with Crippen LogP contribution in [0.15, 0.2) is 0 Å². The van der Waals surface area contributed by atoms with Crippen molar-refractivity contribution in [3.63, 3.8) is 0 Å². The van der Waals surface area contributed by atoms with Gasteiger partial charge in [-0.15, -0.1) is 0 Å². The van der Waals surface area contributed by atoms with Crippen molar-refractivity contribution in [2.24, 2.45) is 5.73 Å². The molecule has 3 N–H and O–H groups in total. The van der Waals surface area contributed by atoms with Crippen LogP contribution in [0.5, 0.6) is 0 Å². The van der Waals surface area contributed by atoms with E-state index in [2.05, 4.69) is 5.32 Å². The third kappa shape index (κ3) is 5.72. The fourth-order valence-corrected chi connectivity index (χ4v) is 0.750. The van der Waals surface area contributed by atoms with Gasteiger partial charge < -0.3 is 15.8 Å². The zero-order chi connectivity index (χ0) is 7.82. The first-order valence-corrected chi connectivity index (χ1v) is 3.66. The highest BCUT2D eigenvalue weighted by Gasteiger charge is 1.97. The summed E-state index contributed by atoms with van der Waals surface area (Å²) in [5, 5.41) is 3.03. The molecule has 0 radical (unpaired) electrons. The fraction of sp³-hybridized carbons (Fsp3) is 0.857. The molecule has 3 heteroatoms. The van der Waals surface area contributed by atoms with Gasteiger partial charge >= 0.3 is 0 Å². The molecule has 0 saturated carbocycles. The molecule has 1 unspecified atom stereocenters. The van der Waals surface area contributed by atoms with E-state index in [0.29, 0.717) is 0 Å². The molecule has 0 aromatic carbocycles. The molecular formula is C7H16N2O. The van der Waals surface area contributed by atoms with E-state index in [1.165, 1.54) is 0 Å². The SMILES string of the molecule is CNCCCCC(N)C=O. The minimum absolute atomic E-state index is 0.253. The highest BCUT2D eigenvalue weighted by atomic mass is 16.1. The van der Waals surface area contributed by atoms with E-state index >= 15 is 0 Å². The number of rotatable bonds is 6. The summed E-state index contributed by atoms with van der Waals surface area (Å²) in [7, 11) is 1.92. The van der Waals surface area contributed by atoms with Gasteiger partial charge in [0.25, 0.3) is 0 Å². The van der Waals surface area contributed by atoms with Crippen LogP contribution in [0.4, 0.5) is 0 Å². The third-order valence-corrected chi connectivity index (χ3v) is 1.39. The van der Waals surface area contributed by atoms with Crippen LogP contribution >= 0.6 is 0 Å². The average Bonchev–Trinajstić information content (AvgIpc) is 1.98. The number of hydrogen-bond donors (Lipinski definition) is 2. The van der Waals surface area contributed by atoms with Crippen LogP contribution in [0, 0.1) is 0 Å². The minimum Gasteiger partial charge on any atom is -0.322 e. The number of aldehydes is 1. The first-order valence-electron chi connectivity index (χ1n) is 3.66. The van der Waals surface area contributed by atoms with Gasteiger partial charge in [-0.1, -0.05) is 6.42 Å². The van der Waals surface area contributed by atoms with Crippen molar-refractivity contribution in [2.45, 2.75) is 25.3 Å². The van der Waals surface area contributed by atoms with Gasteiger partial charge in [-0.2, -0.15) is 0 Å². The second kappa shape index (κ2) is 6.71. The largest absolute Gasteiger partial charge is 0.322 e. The predicted octanol–water partition coefficient (Wildman–Crippen LogP) is -0.0977. The molecule has 0 aliphatic heterocycles. The highest BCUT2D eigenvalue weighted by molar-refractivity contribution is 5.56. The van der Waals surface area contributed by atoms with Crippen molar-refractivity contribution < 1.29 is 4.79 Å². The molecule has 3 nitrogen and oxygen atoms in total. The Morgan fingerprint density at radius 3 is 2.80 bits per heavy atom. The molecule has 60 valence electrons. The summed E-state index contributed by atoms with van der Waals surface area (Å²) in [4.78, 5) is 10.0. The van der Waals surface area contributed by atoms with E-state index in [1.54, 1.807) is 0 Å². The second-order valence-electron chi connectivity index (χ2n) is 2.40. The molecule has 0 aromatic heterocycles. The third-order valence-electron chi connectivity index (χ3n) is 1.39. The second-order valence-corrected chi connectivity index (χ2v) is 2.40. The summed E-state index contributed by atoms with van der Waals surface area (Å²) >= 11 is 0. The summed E-state index contributed by atoms with van der Waals surface area (Å²) in [6.07, 6.45) is 3.74. The molecule has 0 spiro atoms. The molecule has 0 bridgehead atoms. The van der Waals surface area contributed by atoms with E-state index in [0.717, 1.165) is 32.1 Å². The zero-order valence-electron chi connectivity index (χ0n) is 6.47. The van der Waals surface area contributed by atoms with Crippen LogP contribution in [0.3, 0.4) is 0 Å².